The molecule has 106 valence electrons. The van der Waals surface area contributed by atoms with Crippen LogP contribution >= 0.6 is 0 Å². The summed E-state index contributed by atoms with van der Waals surface area (Å²) in [5.41, 5.74) is 6.45. The van der Waals surface area contributed by atoms with Crippen LogP contribution in [0.2, 0.25) is 0 Å². The number of hydrogen-bond acceptors (Lipinski definition) is 3. The number of nitrogens with zero attached hydrogens (tertiary/aromatic N) is 1. The molecule has 1 amide bonds. The third kappa shape index (κ3) is 4.04. The third-order valence-electron chi connectivity index (χ3n) is 2.61. The molecule has 0 saturated carbocycles. The van der Waals surface area contributed by atoms with Crippen molar-refractivity contribution in [3.05, 3.63) is 23.8 Å². The summed E-state index contributed by atoms with van der Waals surface area (Å²) in [5.74, 6) is -0.336. The lowest BCUT2D eigenvalue weighted by molar-refractivity contribution is -0.119. The highest BCUT2D eigenvalue weighted by Gasteiger charge is 2.31. The smallest absolute Gasteiger partial charge is 0.397 e. The van der Waals surface area contributed by atoms with Gasteiger partial charge in [-0.05, 0) is 25.1 Å². The van der Waals surface area contributed by atoms with Gasteiger partial charge < -0.3 is 16.0 Å². The number of alkyl halides is 3. The van der Waals surface area contributed by atoms with Gasteiger partial charge in [-0.1, -0.05) is 0 Å². The molecule has 3 N–H and O–H groups in total. The van der Waals surface area contributed by atoms with Gasteiger partial charge in [-0.3, -0.25) is 4.79 Å². The van der Waals surface area contributed by atoms with E-state index in [-0.39, 0.29) is 23.8 Å². The second kappa shape index (κ2) is 5.81. The van der Waals surface area contributed by atoms with Gasteiger partial charge in [-0.2, -0.15) is 13.2 Å². The van der Waals surface area contributed by atoms with Crippen molar-refractivity contribution in [3.8, 4) is 0 Å². The molecule has 0 aliphatic rings. The molecule has 4 nitrogen and oxygen atoms in total. The van der Waals surface area contributed by atoms with Crippen molar-refractivity contribution >= 4 is 17.3 Å². The zero-order valence-corrected chi connectivity index (χ0v) is 10.7. The Kier molecular flexibility index (Phi) is 4.63. The van der Waals surface area contributed by atoms with Gasteiger partial charge in [0.15, 0.2) is 0 Å². The van der Waals surface area contributed by atoms with Gasteiger partial charge in [-0.15, -0.1) is 0 Å². The Morgan fingerprint density at radius 3 is 2.47 bits per heavy atom. The molecule has 0 unspecified atom stereocenters. The number of carbonyl (C=O) groups is 1. The van der Waals surface area contributed by atoms with Gasteiger partial charge in [0.25, 0.3) is 5.91 Å². The van der Waals surface area contributed by atoms with E-state index < -0.39 is 12.7 Å². The average Bonchev–Trinajstić information content (AvgIpc) is 2.34. The van der Waals surface area contributed by atoms with Crippen LogP contribution in [0.1, 0.15) is 17.3 Å². The first-order valence-electron chi connectivity index (χ1n) is 5.71. The summed E-state index contributed by atoms with van der Waals surface area (Å²) < 4.78 is 37.3. The van der Waals surface area contributed by atoms with E-state index in [1.165, 1.54) is 25.2 Å². The van der Waals surface area contributed by atoms with E-state index in [1.54, 1.807) is 6.92 Å². The minimum Gasteiger partial charge on any atom is -0.397 e. The number of carbonyl (C=O) groups excluding carboxylic acids is 1. The Balaban J connectivity index is 3.03. The fraction of sp³-hybridized carbons (Fsp3) is 0.417. The topological polar surface area (TPSA) is 58.4 Å². The number of nitrogens with two attached hydrogens (primary N) is 1. The van der Waals surface area contributed by atoms with Crippen LogP contribution in [0.3, 0.4) is 0 Å². The van der Waals surface area contributed by atoms with Crippen molar-refractivity contribution in [1.82, 2.24) is 5.32 Å². The Labute approximate surface area is 109 Å². The monoisotopic (exact) mass is 275 g/mol. The molecule has 0 aliphatic heterocycles. The summed E-state index contributed by atoms with van der Waals surface area (Å²) in [4.78, 5) is 12.5. The van der Waals surface area contributed by atoms with Crippen LogP contribution in [0.25, 0.3) is 0 Å². The molecular weight excluding hydrogens is 259 g/mol. The molecule has 1 rings (SSSR count). The minimum atomic E-state index is -4.30. The second-order valence-corrected chi connectivity index (χ2v) is 3.98. The molecule has 0 atom stereocenters. The zero-order chi connectivity index (χ0) is 14.6. The van der Waals surface area contributed by atoms with E-state index in [2.05, 4.69) is 5.32 Å². The van der Waals surface area contributed by atoms with Gasteiger partial charge in [0, 0.05) is 19.2 Å². The molecule has 0 saturated heterocycles. The Morgan fingerprint density at radius 1 is 1.42 bits per heavy atom. The molecule has 19 heavy (non-hydrogen) atoms. The van der Waals surface area contributed by atoms with Crippen molar-refractivity contribution in [2.75, 3.05) is 30.8 Å². The van der Waals surface area contributed by atoms with Crippen LogP contribution in [0.4, 0.5) is 24.5 Å². The molecule has 0 radical (unpaired) electrons. The normalized spacial score (nSPS) is 11.2. The molecule has 1 aromatic rings. The van der Waals surface area contributed by atoms with Crippen LogP contribution in [-0.2, 0) is 0 Å². The van der Waals surface area contributed by atoms with E-state index in [1.807, 2.05) is 0 Å². The number of halogens is 3. The summed E-state index contributed by atoms with van der Waals surface area (Å²) in [6.07, 6.45) is -4.30. The number of rotatable bonds is 4. The van der Waals surface area contributed by atoms with Crippen LogP contribution in [0, 0.1) is 0 Å². The SMILES string of the molecule is CCN(CC(F)(F)F)c1ccc(C(=O)NC)cc1N. The third-order valence-corrected chi connectivity index (χ3v) is 2.61. The average molecular weight is 275 g/mol. The van der Waals surface area contributed by atoms with Crippen molar-refractivity contribution in [2.45, 2.75) is 13.1 Å². The van der Waals surface area contributed by atoms with Crippen LogP contribution < -0.4 is 16.0 Å². The summed E-state index contributed by atoms with van der Waals surface area (Å²) in [5, 5.41) is 2.42. The standard InChI is InChI=1S/C12H16F3N3O/c1-3-18(7-12(13,14)15)10-5-4-8(6-9(10)16)11(19)17-2/h4-6H,3,7,16H2,1-2H3,(H,17,19). The first-order valence-corrected chi connectivity index (χ1v) is 5.71. The van der Waals surface area contributed by atoms with Crippen LogP contribution in [0.5, 0.6) is 0 Å². The van der Waals surface area contributed by atoms with Gasteiger partial charge >= 0.3 is 6.18 Å². The molecule has 0 aliphatic carbocycles. The molecule has 7 heteroatoms. The second-order valence-electron chi connectivity index (χ2n) is 3.98. The van der Waals surface area contributed by atoms with E-state index in [0.29, 0.717) is 5.56 Å². The molecule has 0 spiro atoms. The van der Waals surface area contributed by atoms with Gasteiger partial charge in [0.05, 0.1) is 11.4 Å². The van der Waals surface area contributed by atoms with E-state index >= 15 is 0 Å². The Hall–Kier alpha value is -1.92. The minimum absolute atomic E-state index is 0.146. The van der Waals surface area contributed by atoms with Crippen molar-refractivity contribution in [3.63, 3.8) is 0 Å². The maximum atomic E-state index is 12.4. The highest BCUT2D eigenvalue weighted by Crippen LogP contribution is 2.27. The highest BCUT2D eigenvalue weighted by atomic mass is 19.4. The largest absolute Gasteiger partial charge is 0.405 e. The van der Waals surface area contributed by atoms with Gasteiger partial charge in [0.1, 0.15) is 6.54 Å². The molecule has 0 fully saturated rings. The first-order chi connectivity index (χ1) is 8.78. The number of anilines is 2. The summed E-state index contributed by atoms with van der Waals surface area (Å²) >= 11 is 0. The predicted octanol–water partition coefficient (Wildman–Crippen LogP) is 2.02. The van der Waals surface area contributed by atoms with Crippen LogP contribution in [0.15, 0.2) is 18.2 Å². The maximum Gasteiger partial charge on any atom is 0.405 e. The number of nitrogen functional groups attached to an aromatic ring is 1. The van der Waals surface area contributed by atoms with E-state index in [4.69, 9.17) is 5.73 Å². The highest BCUT2D eigenvalue weighted by molar-refractivity contribution is 5.96. The van der Waals surface area contributed by atoms with Gasteiger partial charge in [0.2, 0.25) is 0 Å². The zero-order valence-electron chi connectivity index (χ0n) is 10.7. The van der Waals surface area contributed by atoms with Crippen molar-refractivity contribution in [2.24, 2.45) is 0 Å². The van der Waals surface area contributed by atoms with Crippen molar-refractivity contribution in [1.29, 1.82) is 0 Å². The number of benzene rings is 1. The number of nitrogens with one attached hydrogen (secondary N) is 1. The van der Waals surface area contributed by atoms with Crippen molar-refractivity contribution < 1.29 is 18.0 Å². The molecule has 0 heterocycles. The molecular formula is C12H16F3N3O. The molecule has 1 aromatic carbocycles. The quantitative estimate of drug-likeness (QED) is 0.826. The fourth-order valence-electron chi connectivity index (χ4n) is 1.71. The summed E-state index contributed by atoms with van der Waals surface area (Å²) in [6.45, 7) is 0.702. The fourth-order valence-corrected chi connectivity index (χ4v) is 1.71. The first kappa shape index (κ1) is 15.1. The lowest BCUT2D eigenvalue weighted by Gasteiger charge is -2.25. The van der Waals surface area contributed by atoms with E-state index in [9.17, 15) is 18.0 Å². The van der Waals surface area contributed by atoms with Crippen LogP contribution in [-0.4, -0.2) is 32.2 Å². The predicted molar refractivity (Wildman–Crippen MR) is 68.2 cm³/mol. The number of amides is 1. The molecule has 0 bridgehead atoms. The Bertz CT molecular complexity index is 460. The van der Waals surface area contributed by atoms with E-state index in [0.717, 1.165) is 4.90 Å². The summed E-state index contributed by atoms with van der Waals surface area (Å²) in [6, 6.07) is 4.24. The lowest BCUT2D eigenvalue weighted by atomic mass is 10.1. The summed E-state index contributed by atoms with van der Waals surface area (Å²) in [7, 11) is 1.47. The van der Waals surface area contributed by atoms with Gasteiger partial charge in [-0.25, -0.2) is 0 Å². The number of hydrogen-bond donors (Lipinski definition) is 2. The maximum absolute atomic E-state index is 12.4. The molecule has 0 aromatic heterocycles. The Morgan fingerprint density at radius 2 is 2.05 bits per heavy atom. The lowest BCUT2D eigenvalue weighted by Crippen LogP contribution is -2.34.